The van der Waals surface area contributed by atoms with Crippen LogP contribution in [0.1, 0.15) is 12.0 Å². The van der Waals surface area contributed by atoms with Gasteiger partial charge in [-0.25, -0.2) is 0 Å². The van der Waals surface area contributed by atoms with Crippen molar-refractivity contribution in [2.75, 3.05) is 41.0 Å². The summed E-state index contributed by atoms with van der Waals surface area (Å²) in [5.74, 6) is -0.938. The second-order valence-corrected chi connectivity index (χ2v) is 7.63. The Morgan fingerprint density at radius 2 is 1.94 bits per heavy atom. The van der Waals surface area contributed by atoms with Crippen LogP contribution < -0.4 is 5.32 Å². The number of carbonyl (C=O) groups is 3. The Labute approximate surface area is 191 Å². The van der Waals surface area contributed by atoms with Crippen LogP contribution in [0.2, 0.25) is 0 Å². The predicted molar refractivity (Wildman–Crippen MR) is 124 cm³/mol. The number of fused-ring (bicyclic) bond motifs is 1. The molecule has 3 rings (SSSR count). The average Bonchev–Trinajstić information content (AvgIpc) is 3.23. The maximum Gasteiger partial charge on any atom is 0.325 e. The minimum absolute atomic E-state index is 0.119. The number of rotatable bonds is 9. The lowest BCUT2D eigenvalue weighted by Crippen LogP contribution is -2.33. The van der Waals surface area contributed by atoms with Gasteiger partial charge in [0.25, 0.3) is 5.91 Å². The third-order valence-corrected chi connectivity index (χ3v) is 5.61. The van der Waals surface area contributed by atoms with Crippen molar-refractivity contribution in [1.29, 1.82) is 0 Å². The van der Waals surface area contributed by atoms with Gasteiger partial charge in [-0.2, -0.15) is 0 Å². The Bertz CT molecular complexity index is 1080. The molecule has 1 aromatic heterocycles. The van der Waals surface area contributed by atoms with E-state index in [1.165, 1.54) is 16.9 Å². The van der Waals surface area contributed by atoms with E-state index < -0.39 is 5.97 Å². The summed E-state index contributed by atoms with van der Waals surface area (Å²) in [7, 11) is 4.47. The van der Waals surface area contributed by atoms with Crippen molar-refractivity contribution in [2.45, 2.75) is 13.0 Å². The Hall–Kier alpha value is -3.24. The molecule has 10 heteroatoms. The highest BCUT2D eigenvalue weighted by molar-refractivity contribution is 7.80. The summed E-state index contributed by atoms with van der Waals surface area (Å²) in [6, 6.07) is 7.61. The molecule has 0 radical (unpaired) electrons. The first-order valence-corrected chi connectivity index (χ1v) is 10.5. The minimum Gasteiger partial charge on any atom is -0.468 e. The Morgan fingerprint density at radius 1 is 1.19 bits per heavy atom. The molecule has 2 heterocycles. The molecular formula is C22H26N4O5S. The zero-order valence-corrected chi connectivity index (χ0v) is 19.1. The van der Waals surface area contributed by atoms with Gasteiger partial charge in [-0.1, -0.05) is 18.2 Å². The number of benzene rings is 1. The average molecular weight is 459 g/mol. The molecule has 1 aliphatic rings. The van der Waals surface area contributed by atoms with Crippen molar-refractivity contribution < 1.29 is 23.9 Å². The van der Waals surface area contributed by atoms with Crippen molar-refractivity contribution in [3.8, 4) is 0 Å². The van der Waals surface area contributed by atoms with Gasteiger partial charge >= 0.3 is 5.97 Å². The van der Waals surface area contributed by atoms with Gasteiger partial charge < -0.3 is 24.3 Å². The number of ether oxygens (including phenoxy) is 2. The molecule has 0 bridgehead atoms. The normalized spacial score (nSPS) is 15.2. The molecule has 1 fully saturated rings. The molecule has 170 valence electrons. The number of aromatic nitrogens is 1. The third kappa shape index (κ3) is 4.97. The van der Waals surface area contributed by atoms with Gasteiger partial charge in [0, 0.05) is 50.0 Å². The lowest BCUT2D eigenvalue weighted by atomic mass is 10.1. The van der Waals surface area contributed by atoms with Gasteiger partial charge in [-0.05, 0) is 30.8 Å². The molecule has 1 aromatic carbocycles. The standard InChI is InChI=1S/C22H26N4O5S/c1-24-21(29)18(26(22(24)32)14-20(28)31-3)11-15-12-25(17-8-5-4-7-16(15)17)13-19(27)23-9-6-10-30-2/h4-5,7-8,11-12H,6,9-10,13-14H2,1-3H3,(H,23,27)/b18-11-. The first-order chi connectivity index (χ1) is 15.4. The number of amides is 2. The Kier molecular flexibility index (Phi) is 7.60. The van der Waals surface area contributed by atoms with Gasteiger partial charge in [-0.15, -0.1) is 0 Å². The van der Waals surface area contributed by atoms with Crippen LogP contribution in [0.25, 0.3) is 17.0 Å². The molecule has 0 aliphatic carbocycles. The van der Waals surface area contributed by atoms with E-state index in [0.29, 0.717) is 13.2 Å². The topological polar surface area (TPSA) is 93.1 Å². The van der Waals surface area contributed by atoms with Crippen molar-refractivity contribution in [1.82, 2.24) is 19.7 Å². The molecule has 2 aromatic rings. The molecule has 1 N–H and O–H groups in total. The Balaban J connectivity index is 1.92. The number of hydrogen-bond acceptors (Lipinski definition) is 6. The summed E-state index contributed by atoms with van der Waals surface area (Å²) in [5.41, 5.74) is 1.87. The number of esters is 1. The van der Waals surface area contributed by atoms with Crippen LogP contribution in [0.5, 0.6) is 0 Å². The lowest BCUT2D eigenvalue weighted by Gasteiger charge is -2.16. The van der Waals surface area contributed by atoms with Gasteiger partial charge in [0.2, 0.25) is 5.91 Å². The number of thiocarbonyl (C=S) groups is 1. The van der Waals surface area contributed by atoms with E-state index in [-0.39, 0.29) is 35.7 Å². The number of methoxy groups -OCH3 is 2. The van der Waals surface area contributed by atoms with Crippen LogP contribution in [-0.2, 0) is 30.4 Å². The maximum atomic E-state index is 12.8. The van der Waals surface area contributed by atoms with Crippen molar-refractivity contribution >= 4 is 52.1 Å². The van der Waals surface area contributed by atoms with E-state index in [1.807, 2.05) is 35.0 Å². The molecule has 0 spiro atoms. The second-order valence-electron chi connectivity index (χ2n) is 7.26. The van der Waals surface area contributed by atoms with Gasteiger partial charge in [0.1, 0.15) is 18.8 Å². The summed E-state index contributed by atoms with van der Waals surface area (Å²) in [4.78, 5) is 39.8. The first kappa shape index (κ1) is 23.4. The highest BCUT2D eigenvalue weighted by Crippen LogP contribution is 2.27. The first-order valence-electron chi connectivity index (χ1n) is 10.1. The van der Waals surface area contributed by atoms with Crippen LogP contribution in [0, 0.1) is 0 Å². The number of para-hydroxylation sites is 1. The fourth-order valence-electron chi connectivity index (χ4n) is 3.47. The molecular weight excluding hydrogens is 432 g/mol. The highest BCUT2D eigenvalue weighted by Gasteiger charge is 2.37. The summed E-state index contributed by atoms with van der Waals surface area (Å²) < 4.78 is 11.6. The van der Waals surface area contributed by atoms with Gasteiger partial charge in [0.15, 0.2) is 5.11 Å². The molecule has 1 aliphatic heterocycles. The summed E-state index contributed by atoms with van der Waals surface area (Å²) >= 11 is 5.33. The zero-order valence-electron chi connectivity index (χ0n) is 18.3. The molecule has 0 unspecified atom stereocenters. The van der Waals surface area contributed by atoms with Crippen molar-refractivity contribution in [3.63, 3.8) is 0 Å². The molecule has 0 saturated carbocycles. The number of hydrogen-bond donors (Lipinski definition) is 1. The predicted octanol–water partition coefficient (Wildman–Crippen LogP) is 1.37. The Morgan fingerprint density at radius 3 is 2.66 bits per heavy atom. The third-order valence-electron chi connectivity index (χ3n) is 5.12. The second kappa shape index (κ2) is 10.4. The molecule has 32 heavy (non-hydrogen) atoms. The molecule has 2 amide bonds. The van der Waals surface area contributed by atoms with Crippen molar-refractivity contribution in [2.24, 2.45) is 0 Å². The van der Waals surface area contributed by atoms with E-state index in [9.17, 15) is 14.4 Å². The van der Waals surface area contributed by atoms with E-state index in [4.69, 9.17) is 21.7 Å². The van der Waals surface area contributed by atoms with E-state index in [2.05, 4.69) is 5.32 Å². The van der Waals surface area contributed by atoms with Gasteiger partial charge in [0.05, 0.1) is 7.11 Å². The highest BCUT2D eigenvalue weighted by atomic mass is 32.1. The van der Waals surface area contributed by atoms with Gasteiger partial charge in [-0.3, -0.25) is 19.3 Å². The van der Waals surface area contributed by atoms with E-state index >= 15 is 0 Å². The lowest BCUT2D eigenvalue weighted by molar-refractivity contribution is -0.140. The van der Waals surface area contributed by atoms with Crippen LogP contribution >= 0.6 is 12.2 Å². The molecule has 0 atom stereocenters. The zero-order chi connectivity index (χ0) is 23.3. The molecule has 9 nitrogen and oxygen atoms in total. The van der Waals surface area contributed by atoms with E-state index in [0.717, 1.165) is 22.9 Å². The molecule has 1 saturated heterocycles. The fourth-order valence-corrected chi connectivity index (χ4v) is 3.71. The van der Waals surface area contributed by atoms with Crippen LogP contribution in [0.4, 0.5) is 0 Å². The number of likely N-dealkylation sites (N-methyl/N-ethyl adjacent to an activating group) is 1. The largest absolute Gasteiger partial charge is 0.468 e. The van der Waals surface area contributed by atoms with Crippen LogP contribution in [-0.4, -0.2) is 78.2 Å². The SMILES string of the molecule is COCCCNC(=O)Cn1cc(/C=C2/C(=O)N(C)C(=S)N2CC(=O)OC)c2ccccc21. The smallest absolute Gasteiger partial charge is 0.325 e. The number of nitrogens with one attached hydrogen (secondary N) is 1. The monoisotopic (exact) mass is 458 g/mol. The van der Waals surface area contributed by atoms with Crippen molar-refractivity contribution in [3.05, 3.63) is 41.7 Å². The maximum absolute atomic E-state index is 12.8. The minimum atomic E-state index is -0.506. The van der Waals surface area contributed by atoms with E-state index in [1.54, 1.807) is 20.2 Å². The summed E-state index contributed by atoms with van der Waals surface area (Å²) in [6.07, 6.45) is 4.24. The number of carbonyl (C=O) groups excluding carboxylic acids is 3. The quantitative estimate of drug-likeness (QED) is 0.263. The van der Waals surface area contributed by atoms with Crippen LogP contribution in [0.3, 0.4) is 0 Å². The van der Waals surface area contributed by atoms with Crippen LogP contribution in [0.15, 0.2) is 36.2 Å². The number of nitrogens with zero attached hydrogens (tertiary/aromatic N) is 3. The fraction of sp³-hybridized carbons (Fsp3) is 0.364. The summed E-state index contributed by atoms with van der Waals surface area (Å²) in [5, 5.41) is 3.98. The summed E-state index contributed by atoms with van der Waals surface area (Å²) in [6.45, 7) is 1.08.